The molecule has 0 heterocycles. The smallest absolute Gasteiger partial charge is 0.337 e. The lowest BCUT2D eigenvalue weighted by Gasteiger charge is -2.14. The van der Waals surface area contributed by atoms with Gasteiger partial charge in [0.15, 0.2) is 0 Å². The van der Waals surface area contributed by atoms with Gasteiger partial charge in [0.2, 0.25) is 0 Å². The van der Waals surface area contributed by atoms with Crippen molar-refractivity contribution in [3.63, 3.8) is 0 Å². The van der Waals surface area contributed by atoms with Gasteiger partial charge in [-0.3, -0.25) is 0 Å². The van der Waals surface area contributed by atoms with Crippen molar-refractivity contribution in [1.82, 2.24) is 0 Å². The maximum atomic E-state index is 11.4. The van der Waals surface area contributed by atoms with Crippen molar-refractivity contribution >= 4 is 17.3 Å². The van der Waals surface area contributed by atoms with Gasteiger partial charge in [0.1, 0.15) is 0 Å². The highest BCUT2D eigenvalue weighted by molar-refractivity contribution is 5.91. The molecule has 1 aliphatic rings. The van der Waals surface area contributed by atoms with Crippen LogP contribution < -0.4 is 11.1 Å². The van der Waals surface area contributed by atoms with Crippen LogP contribution >= 0.6 is 0 Å². The van der Waals surface area contributed by atoms with E-state index in [4.69, 9.17) is 5.73 Å². The minimum absolute atomic E-state index is 0.358. The number of nitrogen functional groups attached to an aromatic ring is 1. The highest BCUT2D eigenvalue weighted by Crippen LogP contribution is 2.31. The average Bonchev–Trinajstić information content (AvgIpc) is 2.82. The Kier molecular flexibility index (Phi) is 4.30. The summed E-state index contributed by atoms with van der Waals surface area (Å²) in [6.07, 6.45) is 3.89. The molecule has 4 nitrogen and oxygen atoms in total. The second kappa shape index (κ2) is 5.95. The largest absolute Gasteiger partial charge is 0.465 e. The second-order valence-electron chi connectivity index (χ2n) is 5.46. The summed E-state index contributed by atoms with van der Waals surface area (Å²) in [6, 6.07) is 5.24. The minimum atomic E-state index is -0.358. The summed E-state index contributed by atoms with van der Waals surface area (Å²) in [5.41, 5.74) is 7.93. The molecule has 0 aromatic heterocycles. The Balaban J connectivity index is 1.95. The highest BCUT2D eigenvalue weighted by Gasteiger charge is 2.21. The van der Waals surface area contributed by atoms with Gasteiger partial charge in [-0.25, -0.2) is 4.79 Å². The molecule has 1 saturated carbocycles. The first-order valence-corrected chi connectivity index (χ1v) is 6.82. The van der Waals surface area contributed by atoms with Crippen molar-refractivity contribution in [1.29, 1.82) is 0 Å². The maximum absolute atomic E-state index is 11.4. The number of benzene rings is 1. The molecule has 0 radical (unpaired) electrons. The van der Waals surface area contributed by atoms with Gasteiger partial charge in [-0.2, -0.15) is 0 Å². The zero-order valence-electron chi connectivity index (χ0n) is 11.6. The van der Waals surface area contributed by atoms with Crippen molar-refractivity contribution in [2.45, 2.75) is 26.2 Å². The molecule has 2 rings (SSSR count). The van der Waals surface area contributed by atoms with Gasteiger partial charge in [0.25, 0.3) is 0 Å². The minimum Gasteiger partial charge on any atom is -0.465 e. The molecule has 2 unspecified atom stereocenters. The number of rotatable bonds is 4. The molecule has 3 N–H and O–H groups in total. The summed E-state index contributed by atoms with van der Waals surface area (Å²) in [6.45, 7) is 3.26. The van der Waals surface area contributed by atoms with E-state index in [1.54, 1.807) is 12.1 Å². The van der Waals surface area contributed by atoms with Gasteiger partial charge in [0.05, 0.1) is 24.0 Å². The number of anilines is 2. The van der Waals surface area contributed by atoms with Crippen LogP contribution in [-0.2, 0) is 4.74 Å². The first-order valence-electron chi connectivity index (χ1n) is 6.82. The molecule has 1 aromatic rings. The number of ether oxygens (including phenoxy) is 1. The van der Waals surface area contributed by atoms with Gasteiger partial charge in [-0.1, -0.05) is 13.3 Å². The fraction of sp³-hybridized carbons (Fsp3) is 0.533. The number of nitrogens with two attached hydrogens (primary N) is 1. The number of esters is 1. The van der Waals surface area contributed by atoms with Gasteiger partial charge in [-0.15, -0.1) is 0 Å². The number of hydrogen-bond acceptors (Lipinski definition) is 4. The molecule has 1 aliphatic carbocycles. The van der Waals surface area contributed by atoms with E-state index >= 15 is 0 Å². The van der Waals surface area contributed by atoms with E-state index in [2.05, 4.69) is 17.0 Å². The quantitative estimate of drug-likeness (QED) is 0.647. The third-order valence-corrected chi connectivity index (χ3v) is 3.86. The molecule has 0 spiro atoms. The predicted octanol–water partition coefficient (Wildman–Crippen LogP) is 2.90. The number of carbonyl (C=O) groups excluding carboxylic acids is 1. The molecule has 0 aliphatic heterocycles. The van der Waals surface area contributed by atoms with E-state index < -0.39 is 0 Å². The average molecular weight is 262 g/mol. The Bertz CT molecular complexity index is 459. The van der Waals surface area contributed by atoms with E-state index in [1.807, 2.05) is 6.07 Å². The Labute approximate surface area is 114 Å². The van der Waals surface area contributed by atoms with Crippen molar-refractivity contribution in [3.05, 3.63) is 23.8 Å². The predicted molar refractivity (Wildman–Crippen MR) is 77.2 cm³/mol. The Morgan fingerprint density at radius 1 is 1.47 bits per heavy atom. The summed E-state index contributed by atoms with van der Waals surface area (Å²) < 4.78 is 4.67. The molecular formula is C15H22N2O2. The summed E-state index contributed by atoms with van der Waals surface area (Å²) in [5.74, 6) is 1.21. The lowest BCUT2D eigenvalue weighted by atomic mass is 10.1. The Morgan fingerprint density at radius 3 is 2.84 bits per heavy atom. The van der Waals surface area contributed by atoms with Crippen LogP contribution in [0.5, 0.6) is 0 Å². The lowest BCUT2D eigenvalue weighted by molar-refractivity contribution is 0.0601. The summed E-state index contributed by atoms with van der Waals surface area (Å²) in [4.78, 5) is 11.4. The van der Waals surface area contributed by atoms with Crippen LogP contribution in [0.25, 0.3) is 0 Å². The van der Waals surface area contributed by atoms with Crippen LogP contribution in [0.1, 0.15) is 36.5 Å². The van der Waals surface area contributed by atoms with E-state index in [-0.39, 0.29) is 5.97 Å². The topological polar surface area (TPSA) is 64.3 Å². The monoisotopic (exact) mass is 262 g/mol. The number of nitrogens with one attached hydrogen (secondary N) is 1. The van der Waals surface area contributed by atoms with Gasteiger partial charge < -0.3 is 15.8 Å². The zero-order chi connectivity index (χ0) is 13.8. The fourth-order valence-electron chi connectivity index (χ4n) is 2.73. The molecule has 0 saturated heterocycles. The van der Waals surface area contributed by atoms with Crippen molar-refractivity contribution in [3.8, 4) is 0 Å². The molecule has 104 valence electrons. The van der Waals surface area contributed by atoms with Gasteiger partial charge in [-0.05, 0) is 42.9 Å². The first-order chi connectivity index (χ1) is 9.10. The molecule has 1 aromatic carbocycles. The van der Waals surface area contributed by atoms with Crippen LogP contribution in [-0.4, -0.2) is 19.6 Å². The van der Waals surface area contributed by atoms with Crippen molar-refractivity contribution in [2.24, 2.45) is 11.8 Å². The van der Waals surface area contributed by atoms with Crippen molar-refractivity contribution < 1.29 is 9.53 Å². The van der Waals surface area contributed by atoms with Gasteiger partial charge >= 0.3 is 5.97 Å². The molecule has 2 atom stereocenters. The van der Waals surface area contributed by atoms with E-state index in [0.29, 0.717) is 11.3 Å². The third kappa shape index (κ3) is 3.40. The van der Waals surface area contributed by atoms with Crippen molar-refractivity contribution in [2.75, 3.05) is 24.7 Å². The molecular weight excluding hydrogens is 240 g/mol. The highest BCUT2D eigenvalue weighted by atomic mass is 16.5. The van der Waals surface area contributed by atoms with Crippen LogP contribution in [0.3, 0.4) is 0 Å². The lowest BCUT2D eigenvalue weighted by Crippen LogP contribution is -2.13. The molecule has 0 bridgehead atoms. The fourth-order valence-corrected chi connectivity index (χ4v) is 2.73. The van der Waals surface area contributed by atoms with Gasteiger partial charge in [0, 0.05) is 6.54 Å². The number of methoxy groups -OCH3 is 1. The van der Waals surface area contributed by atoms with Crippen LogP contribution in [0.2, 0.25) is 0 Å². The van der Waals surface area contributed by atoms with E-state index in [9.17, 15) is 4.79 Å². The third-order valence-electron chi connectivity index (χ3n) is 3.86. The Hall–Kier alpha value is -1.71. The number of hydrogen-bond donors (Lipinski definition) is 2. The molecule has 19 heavy (non-hydrogen) atoms. The molecule has 1 fully saturated rings. The van der Waals surface area contributed by atoms with Crippen LogP contribution in [0.4, 0.5) is 11.4 Å². The zero-order valence-corrected chi connectivity index (χ0v) is 11.6. The van der Waals surface area contributed by atoms with E-state index in [0.717, 1.165) is 24.1 Å². The number of carbonyl (C=O) groups is 1. The summed E-state index contributed by atoms with van der Waals surface area (Å²) in [5, 5.41) is 3.38. The second-order valence-corrected chi connectivity index (χ2v) is 5.46. The van der Waals surface area contributed by atoms with E-state index in [1.165, 1.54) is 26.4 Å². The molecule has 0 amide bonds. The first kappa shape index (κ1) is 13.7. The van der Waals surface area contributed by atoms with Crippen LogP contribution in [0, 0.1) is 11.8 Å². The standard InChI is InChI=1S/C15H22N2O2/c1-10-3-4-11(7-10)9-17-14-6-5-12(8-13(14)16)15(18)19-2/h5-6,8,10-11,17H,3-4,7,9,16H2,1-2H3. The SMILES string of the molecule is COC(=O)c1ccc(NCC2CCC(C)C2)c(N)c1. The maximum Gasteiger partial charge on any atom is 0.337 e. The normalized spacial score (nSPS) is 22.2. The Morgan fingerprint density at radius 2 is 2.26 bits per heavy atom. The summed E-state index contributed by atoms with van der Waals surface area (Å²) >= 11 is 0. The van der Waals surface area contributed by atoms with Crippen LogP contribution in [0.15, 0.2) is 18.2 Å². The molecule has 4 heteroatoms. The summed E-state index contributed by atoms with van der Waals surface area (Å²) in [7, 11) is 1.37.